The fraction of sp³-hybridized carbons (Fsp3) is 0.733. The van der Waals surface area contributed by atoms with Crippen LogP contribution in [0, 0.1) is 12.3 Å². The maximum atomic E-state index is 3.80. The quantitative estimate of drug-likeness (QED) is 0.758. The Kier molecular flexibility index (Phi) is 4.90. The molecule has 0 aromatic carbocycles. The van der Waals surface area contributed by atoms with Gasteiger partial charge in [0.05, 0.1) is 3.79 Å². The van der Waals surface area contributed by atoms with Gasteiger partial charge in [-0.3, -0.25) is 0 Å². The molecule has 1 aliphatic rings. The highest BCUT2D eigenvalue weighted by Gasteiger charge is 2.38. The molecule has 1 atom stereocenters. The lowest BCUT2D eigenvalue weighted by Gasteiger charge is -2.34. The molecule has 1 aromatic heterocycles. The molecule has 0 spiro atoms. The topological polar surface area (TPSA) is 12.0 Å². The normalized spacial score (nSPS) is 20.2. The third-order valence-corrected chi connectivity index (χ3v) is 6.40. The highest BCUT2D eigenvalue weighted by atomic mass is 79.9. The summed E-state index contributed by atoms with van der Waals surface area (Å²) in [6, 6.07) is 2.90. The van der Waals surface area contributed by atoms with Gasteiger partial charge in [-0.1, -0.05) is 26.7 Å². The molecule has 0 aliphatic heterocycles. The van der Waals surface area contributed by atoms with Gasteiger partial charge in [0.2, 0.25) is 0 Å². The second-order valence-electron chi connectivity index (χ2n) is 5.85. The lowest BCUT2D eigenvalue weighted by molar-refractivity contribution is 0.227. The predicted octanol–water partition coefficient (Wildman–Crippen LogP) is 5.44. The molecule has 0 radical (unpaired) electrons. The minimum Gasteiger partial charge on any atom is -0.309 e. The summed E-state index contributed by atoms with van der Waals surface area (Å²) >= 11 is 5.58. The third-order valence-electron chi connectivity index (χ3n) is 4.20. The van der Waals surface area contributed by atoms with E-state index in [0.29, 0.717) is 11.5 Å². The number of aryl methyl sites for hydroxylation is 1. The van der Waals surface area contributed by atoms with E-state index in [9.17, 15) is 0 Å². The average Bonchev–Trinajstić information content (AvgIpc) is 2.88. The van der Waals surface area contributed by atoms with Crippen LogP contribution in [0.2, 0.25) is 0 Å². The Morgan fingerprint density at radius 2 is 2.11 bits per heavy atom. The molecule has 1 unspecified atom stereocenters. The van der Waals surface area contributed by atoms with Gasteiger partial charge in [0.1, 0.15) is 0 Å². The predicted molar refractivity (Wildman–Crippen MR) is 84.4 cm³/mol. The fourth-order valence-electron chi connectivity index (χ4n) is 3.08. The zero-order chi connectivity index (χ0) is 13.2. The van der Waals surface area contributed by atoms with E-state index in [0.717, 1.165) is 6.54 Å². The highest BCUT2D eigenvalue weighted by Crippen LogP contribution is 2.49. The summed E-state index contributed by atoms with van der Waals surface area (Å²) in [4.78, 5) is 1.51. The van der Waals surface area contributed by atoms with E-state index in [2.05, 4.69) is 48.1 Å². The van der Waals surface area contributed by atoms with Crippen LogP contribution in [0.3, 0.4) is 0 Å². The summed E-state index contributed by atoms with van der Waals surface area (Å²) < 4.78 is 1.29. The lowest BCUT2D eigenvalue weighted by Crippen LogP contribution is -2.34. The smallest absolute Gasteiger partial charge is 0.0731 e. The van der Waals surface area contributed by atoms with Crippen LogP contribution in [0.15, 0.2) is 9.85 Å². The van der Waals surface area contributed by atoms with E-state index < -0.39 is 0 Å². The molecule has 1 nitrogen and oxygen atoms in total. The minimum atomic E-state index is 0.450. The molecule has 1 aliphatic carbocycles. The summed E-state index contributed by atoms with van der Waals surface area (Å²) in [6.45, 7) is 8.03. The van der Waals surface area contributed by atoms with Gasteiger partial charge in [-0.15, -0.1) is 11.3 Å². The van der Waals surface area contributed by atoms with Gasteiger partial charge >= 0.3 is 0 Å². The van der Waals surface area contributed by atoms with Gasteiger partial charge < -0.3 is 5.32 Å². The summed E-state index contributed by atoms with van der Waals surface area (Å²) in [6.07, 6.45) is 6.72. The standard InChI is InChI=1S/C15H24BrNS/c1-4-9-17-13(15(3)7-5-6-8-15)12-10-11(2)14(16)18-12/h10,13,17H,4-9H2,1-3H3. The van der Waals surface area contributed by atoms with E-state index in [4.69, 9.17) is 0 Å². The number of halogens is 1. The van der Waals surface area contributed by atoms with Crippen molar-refractivity contribution in [2.24, 2.45) is 5.41 Å². The third kappa shape index (κ3) is 3.00. The molecule has 1 N–H and O–H groups in total. The number of nitrogens with one attached hydrogen (secondary N) is 1. The van der Waals surface area contributed by atoms with E-state index in [-0.39, 0.29) is 0 Å². The number of hydrogen-bond donors (Lipinski definition) is 1. The summed E-state index contributed by atoms with van der Waals surface area (Å²) in [5.41, 5.74) is 1.83. The van der Waals surface area contributed by atoms with Gasteiger partial charge in [0.25, 0.3) is 0 Å². The van der Waals surface area contributed by atoms with Crippen molar-refractivity contribution in [2.75, 3.05) is 6.54 Å². The zero-order valence-corrected chi connectivity index (χ0v) is 14.1. The first kappa shape index (κ1) is 14.5. The first-order chi connectivity index (χ1) is 8.57. The van der Waals surface area contributed by atoms with Crippen LogP contribution < -0.4 is 5.32 Å². The van der Waals surface area contributed by atoms with Crippen molar-refractivity contribution in [3.8, 4) is 0 Å². The average molecular weight is 330 g/mol. The van der Waals surface area contributed by atoms with Crippen LogP contribution in [0.1, 0.15) is 62.4 Å². The molecule has 2 rings (SSSR count). The number of hydrogen-bond acceptors (Lipinski definition) is 2. The molecule has 0 bridgehead atoms. The lowest BCUT2D eigenvalue weighted by atomic mass is 9.79. The molecular formula is C15H24BrNS. The molecular weight excluding hydrogens is 306 g/mol. The van der Waals surface area contributed by atoms with Gasteiger partial charge in [-0.05, 0) is 65.7 Å². The van der Waals surface area contributed by atoms with Crippen LogP contribution in [0.25, 0.3) is 0 Å². The Balaban J connectivity index is 2.24. The highest BCUT2D eigenvalue weighted by molar-refractivity contribution is 9.11. The minimum absolute atomic E-state index is 0.450. The summed E-state index contributed by atoms with van der Waals surface area (Å²) in [5.74, 6) is 0. The Morgan fingerprint density at radius 1 is 1.44 bits per heavy atom. The largest absolute Gasteiger partial charge is 0.309 e. The van der Waals surface area contributed by atoms with Crippen molar-refractivity contribution in [3.05, 3.63) is 20.3 Å². The number of rotatable bonds is 5. The molecule has 1 aromatic rings. The molecule has 1 fully saturated rings. The molecule has 1 saturated carbocycles. The van der Waals surface area contributed by atoms with E-state index in [1.165, 1.54) is 46.3 Å². The van der Waals surface area contributed by atoms with Gasteiger partial charge in [-0.2, -0.15) is 0 Å². The Labute approximate surface area is 123 Å². The Bertz CT molecular complexity index is 374. The van der Waals surface area contributed by atoms with Crippen LogP contribution in [-0.2, 0) is 0 Å². The second kappa shape index (κ2) is 6.06. The molecule has 102 valence electrons. The zero-order valence-electron chi connectivity index (χ0n) is 11.7. The van der Waals surface area contributed by atoms with Gasteiger partial charge in [-0.25, -0.2) is 0 Å². The molecule has 1 heterocycles. The maximum Gasteiger partial charge on any atom is 0.0731 e. The van der Waals surface area contributed by atoms with Crippen molar-refractivity contribution < 1.29 is 0 Å². The fourth-order valence-corrected chi connectivity index (χ4v) is 4.90. The van der Waals surface area contributed by atoms with Crippen molar-refractivity contribution in [3.63, 3.8) is 0 Å². The Hall–Kier alpha value is 0.140. The van der Waals surface area contributed by atoms with Crippen LogP contribution in [-0.4, -0.2) is 6.54 Å². The summed E-state index contributed by atoms with van der Waals surface area (Å²) in [7, 11) is 0. The van der Waals surface area contributed by atoms with E-state index in [1.807, 2.05) is 11.3 Å². The van der Waals surface area contributed by atoms with Crippen molar-refractivity contribution in [2.45, 2.75) is 58.9 Å². The Morgan fingerprint density at radius 3 is 2.61 bits per heavy atom. The molecule has 0 saturated heterocycles. The molecule has 3 heteroatoms. The first-order valence-electron chi connectivity index (χ1n) is 7.06. The van der Waals surface area contributed by atoms with Crippen LogP contribution in [0.4, 0.5) is 0 Å². The SMILES string of the molecule is CCCNC(c1cc(C)c(Br)s1)C1(C)CCCC1. The first-order valence-corrected chi connectivity index (χ1v) is 8.67. The maximum absolute atomic E-state index is 3.80. The summed E-state index contributed by atoms with van der Waals surface area (Å²) in [5, 5.41) is 3.80. The van der Waals surface area contributed by atoms with E-state index in [1.54, 1.807) is 0 Å². The monoisotopic (exact) mass is 329 g/mol. The van der Waals surface area contributed by atoms with Crippen molar-refractivity contribution >= 4 is 27.3 Å². The molecule has 0 amide bonds. The van der Waals surface area contributed by atoms with Crippen LogP contribution in [0.5, 0.6) is 0 Å². The van der Waals surface area contributed by atoms with E-state index >= 15 is 0 Å². The van der Waals surface area contributed by atoms with Crippen molar-refractivity contribution in [1.82, 2.24) is 5.32 Å². The number of thiophene rings is 1. The van der Waals surface area contributed by atoms with Crippen LogP contribution >= 0.6 is 27.3 Å². The van der Waals surface area contributed by atoms with Gasteiger partial charge in [0.15, 0.2) is 0 Å². The molecule has 18 heavy (non-hydrogen) atoms. The second-order valence-corrected chi connectivity index (χ2v) is 8.26. The van der Waals surface area contributed by atoms with Gasteiger partial charge in [0, 0.05) is 10.9 Å². The van der Waals surface area contributed by atoms with Crippen molar-refractivity contribution in [1.29, 1.82) is 0 Å².